The summed E-state index contributed by atoms with van der Waals surface area (Å²) in [6.07, 6.45) is 6.69. The summed E-state index contributed by atoms with van der Waals surface area (Å²) in [5, 5.41) is 3.57. The number of allylic oxidation sites excluding steroid dienone is 2. The number of carbonyl (C=O) groups excluding carboxylic acids is 1. The molecule has 0 saturated carbocycles. The van der Waals surface area contributed by atoms with E-state index >= 15 is 0 Å². The second kappa shape index (κ2) is 5.25. The van der Waals surface area contributed by atoms with Gasteiger partial charge < -0.3 is 10.1 Å². The van der Waals surface area contributed by atoms with Crippen molar-refractivity contribution < 1.29 is 9.53 Å². The van der Waals surface area contributed by atoms with Gasteiger partial charge in [-0.2, -0.15) is 0 Å². The number of hydrogen-bond donors (Lipinski definition) is 1. The molecule has 0 atom stereocenters. The zero-order valence-electron chi connectivity index (χ0n) is 10.7. The molecule has 1 aromatic rings. The largest absolute Gasteiger partial charge is 0.493 e. The van der Waals surface area contributed by atoms with Gasteiger partial charge in [0.15, 0.2) is 0 Å². The Bertz CT molecular complexity index is 551. The lowest BCUT2D eigenvalue weighted by atomic mass is 9.99. The van der Waals surface area contributed by atoms with Crippen LogP contribution in [0.15, 0.2) is 24.0 Å². The topological polar surface area (TPSA) is 38.3 Å². The van der Waals surface area contributed by atoms with Crippen LogP contribution in [0.1, 0.15) is 36.8 Å². The van der Waals surface area contributed by atoms with Gasteiger partial charge in [0.25, 0.3) is 0 Å². The van der Waals surface area contributed by atoms with Crippen LogP contribution < -0.4 is 5.32 Å². The molecule has 0 fully saturated rings. The van der Waals surface area contributed by atoms with Gasteiger partial charge in [-0.3, -0.25) is 4.79 Å². The lowest BCUT2D eigenvalue weighted by Gasteiger charge is -2.21. The van der Waals surface area contributed by atoms with Crippen LogP contribution in [-0.4, -0.2) is 5.91 Å². The Kier molecular flexibility index (Phi) is 3.47. The Morgan fingerprint density at radius 1 is 1.26 bits per heavy atom. The maximum absolute atomic E-state index is 11.5. The van der Waals surface area contributed by atoms with Gasteiger partial charge in [0, 0.05) is 23.4 Å². The third-order valence-corrected chi connectivity index (χ3v) is 3.98. The molecular formula is C15H16ClNO2. The average Bonchev–Trinajstić information content (AvgIpc) is 2.91. The molecule has 0 aromatic heterocycles. The second-order valence-electron chi connectivity index (χ2n) is 4.96. The standard InChI is InChI=1S/C15H16ClNO2/c16-13-7-5-10-6-8-14(18)17-15(10)12(13)9-19-11-3-1-2-4-11/h3,5,7H,1-2,4,6,8-9H2,(H,17,18). The predicted molar refractivity (Wildman–Crippen MR) is 75.1 cm³/mol. The summed E-state index contributed by atoms with van der Waals surface area (Å²) in [6.45, 7) is 0.425. The highest BCUT2D eigenvalue weighted by Gasteiger charge is 2.20. The highest BCUT2D eigenvalue weighted by atomic mass is 35.5. The first-order valence-corrected chi connectivity index (χ1v) is 7.04. The quantitative estimate of drug-likeness (QED) is 0.912. The summed E-state index contributed by atoms with van der Waals surface area (Å²) in [6, 6.07) is 3.87. The van der Waals surface area contributed by atoms with E-state index in [0.29, 0.717) is 18.1 Å². The molecule has 1 N–H and O–H groups in total. The molecule has 0 radical (unpaired) electrons. The molecule has 2 aliphatic rings. The molecule has 19 heavy (non-hydrogen) atoms. The molecule has 0 bridgehead atoms. The predicted octanol–water partition coefficient (Wildman–Crippen LogP) is 3.81. The molecule has 3 nitrogen and oxygen atoms in total. The summed E-state index contributed by atoms with van der Waals surface area (Å²) in [5.74, 6) is 1.09. The van der Waals surface area contributed by atoms with E-state index in [1.807, 2.05) is 12.1 Å². The highest BCUT2D eigenvalue weighted by Crippen LogP contribution is 2.33. The van der Waals surface area contributed by atoms with Crippen LogP contribution in [0.25, 0.3) is 0 Å². The van der Waals surface area contributed by atoms with E-state index in [1.165, 1.54) is 0 Å². The number of aryl methyl sites for hydroxylation is 1. The van der Waals surface area contributed by atoms with Gasteiger partial charge >= 0.3 is 0 Å². The van der Waals surface area contributed by atoms with Gasteiger partial charge in [0.2, 0.25) is 5.91 Å². The summed E-state index contributed by atoms with van der Waals surface area (Å²) in [5.41, 5.74) is 2.88. The molecule has 3 rings (SSSR count). The van der Waals surface area contributed by atoms with Crippen LogP contribution in [0, 0.1) is 0 Å². The van der Waals surface area contributed by atoms with Crippen molar-refractivity contribution in [2.45, 2.75) is 38.7 Å². The maximum Gasteiger partial charge on any atom is 0.224 e. The van der Waals surface area contributed by atoms with Gasteiger partial charge in [0.1, 0.15) is 6.61 Å². The molecule has 4 heteroatoms. The molecule has 1 aromatic carbocycles. The molecule has 0 spiro atoms. The van der Waals surface area contributed by atoms with Crippen molar-refractivity contribution in [2.24, 2.45) is 0 Å². The number of rotatable bonds is 3. The smallest absolute Gasteiger partial charge is 0.224 e. The van der Waals surface area contributed by atoms with Crippen molar-refractivity contribution in [3.05, 3.63) is 40.1 Å². The zero-order valence-corrected chi connectivity index (χ0v) is 11.4. The fourth-order valence-electron chi connectivity index (χ4n) is 2.56. The van der Waals surface area contributed by atoms with E-state index in [2.05, 4.69) is 11.4 Å². The van der Waals surface area contributed by atoms with E-state index in [4.69, 9.17) is 16.3 Å². The highest BCUT2D eigenvalue weighted by molar-refractivity contribution is 6.32. The van der Waals surface area contributed by atoms with Gasteiger partial charge in [-0.25, -0.2) is 0 Å². The van der Waals surface area contributed by atoms with E-state index in [0.717, 1.165) is 48.3 Å². The summed E-state index contributed by atoms with van der Waals surface area (Å²) in [7, 11) is 0. The van der Waals surface area contributed by atoms with Crippen molar-refractivity contribution in [1.82, 2.24) is 0 Å². The Labute approximate surface area is 117 Å². The third-order valence-electron chi connectivity index (χ3n) is 3.63. The van der Waals surface area contributed by atoms with E-state index in [-0.39, 0.29) is 5.91 Å². The number of anilines is 1. The summed E-state index contributed by atoms with van der Waals surface area (Å²) in [4.78, 5) is 11.5. The number of carbonyl (C=O) groups is 1. The normalized spacial score (nSPS) is 17.7. The monoisotopic (exact) mass is 277 g/mol. The molecule has 100 valence electrons. The molecule has 1 heterocycles. The lowest BCUT2D eigenvalue weighted by molar-refractivity contribution is -0.116. The minimum Gasteiger partial charge on any atom is -0.493 e. The first-order valence-electron chi connectivity index (χ1n) is 6.66. The SMILES string of the molecule is O=C1CCc2ccc(Cl)c(COC3=CCCC3)c2N1. The third kappa shape index (κ3) is 2.61. The number of halogens is 1. The number of fused-ring (bicyclic) bond motifs is 1. The van der Waals surface area contributed by atoms with Crippen LogP contribution in [-0.2, 0) is 22.6 Å². The zero-order chi connectivity index (χ0) is 13.2. The number of nitrogens with one attached hydrogen (secondary N) is 1. The Morgan fingerprint density at radius 3 is 2.95 bits per heavy atom. The molecule has 0 unspecified atom stereocenters. The van der Waals surface area contributed by atoms with E-state index in [9.17, 15) is 4.79 Å². The Hall–Kier alpha value is -1.48. The van der Waals surface area contributed by atoms with Crippen LogP contribution in [0.2, 0.25) is 5.02 Å². The number of hydrogen-bond acceptors (Lipinski definition) is 2. The number of benzene rings is 1. The van der Waals surface area contributed by atoms with Crippen molar-refractivity contribution in [2.75, 3.05) is 5.32 Å². The molecule has 1 aliphatic carbocycles. The minimum absolute atomic E-state index is 0.0519. The van der Waals surface area contributed by atoms with Crippen molar-refractivity contribution >= 4 is 23.2 Å². The summed E-state index contributed by atoms with van der Waals surface area (Å²) >= 11 is 6.24. The summed E-state index contributed by atoms with van der Waals surface area (Å²) < 4.78 is 5.80. The average molecular weight is 278 g/mol. The van der Waals surface area contributed by atoms with Crippen molar-refractivity contribution in [3.8, 4) is 0 Å². The first-order chi connectivity index (χ1) is 9.24. The van der Waals surface area contributed by atoms with Gasteiger partial charge in [-0.15, -0.1) is 0 Å². The lowest BCUT2D eigenvalue weighted by Crippen LogP contribution is -2.20. The van der Waals surface area contributed by atoms with E-state index < -0.39 is 0 Å². The Balaban J connectivity index is 1.84. The van der Waals surface area contributed by atoms with Crippen molar-refractivity contribution in [1.29, 1.82) is 0 Å². The number of ether oxygens (including phenoxy) is 1. The minimum atomic E-state index is 0.0519. The maximum atomic E-state index is 11.5. The fraction of sp³-hybridized carbons (Fsp3) is 0.400. The van der Waals surface area contributed by atoms with Crippen LogP contribution in [0.5, 0.6) is 0 Å². The Morgan fingerprint density at radius 2 is 2.16 bits per heavy atom. The molecular weight excluding hydrogens is 262 g/mol. The fourth-order valence-corrected chi connectivity index (χ4v) is 2.78. The molecule has 1 amide bonds. The van der Waals surface area contributed by atoms with Gasteiger partial charge in [0.05, 0.1) is 11.4 Å². The van der Waals surface area contributed by atoms with Crippen LogP contribution in [0.4, 0.5) is 5.69 Å². The molecule has 0 saturated heterocycles. The van der Waals surface area contributed by atoms with Crippen molar-refractivity contribution in [3.63, 3.8) is 0 Å². The van der Waals surface area contributed by atoms with Crippen LogP contribution in [0.3, 0.4) is 0 Å². The number of amides is 1. The van der Waals surface area contributed by atoms with Crippen LogP contribution >= 0.6 is 11.6 Å². The first kappa shape index (κ1) is 12.5. The second-order valence-corrected chi connectivity index (χ2v) is 5.37. The van der Waals surface area contributed by atoms with E-state index in [1.54, 1.807) is 0 Å². The van der Waals surface area contributed by atoms with Gasteiger partial charge in [-0.05, 0) is 37.0 Å². The molecule has 1 aliphatic heterocycles. The van der Waals surface area contributed by atoms with Gasteiger partial charge in [-0.1, -0.05) is 17.7 Å².